The quantitative estimate of drug-likeness (QED) is 0.512. The largest absolute Gasteiger partial charge is 0.482 e. The number of hydrogen-bond acceptors (Lipinski definition) is 5. The topological polar surface area (TPSA) is 67.2 Å². The van der Waals surface area contributed by atoms with Crippen molar-refractivity contribution in [1.29, 1.82) is 0 Å². The minimum absolute atomic E-state index is 0.371. The van der Waals surface area contributed by atoms with Crippen LogP contribution in [0.25, 0.3) is 5.52 Å². The van der Waals surface area contributed by atoms with Crippen LogP contribution in [-0.4, -0.2) is 26.1 Å². The normalized spacial score (nSPS) is 10.8. The highest BCUT2D eigenvalue weighted by Crippen LogP contribution is 2.21. The Morgan fingerprint density at radius 1 is 1.39 bits per heavy atom. The van der Waals surface area contributed by atoms with E-state index in [9.17, 15) is 0 Å². The van der Waals surface area contributed by atoms with Gasteiger partial charge in [0.25, 0.3) is 0 Å². The summed E-state index contributed by atoms with van der Waals surface area (Å²) in [6, 6.07) is 7.94. The van der Waals surface area contributed by atoms with Gasteiger partial charge >= 0.3 is 0 Å². The van der Waals surface area contributed by atoms with Crippen molar-refractivity contribution in [3.63, 3.8) is 0 Å². The number of H-pyrrole nitrogens is 1. The van der Waals surface area contributed by atoms with E-state index in [1.807, 2.05) is 35.0 Å². The van der Waals surface area contributed by atoms with Gasteiger partial charge in [-0.1, -0.05) is 19.4 Å². The van der Waals surface area contributed by atoms with Gasteiger partial charge < -0.3 is 15.0 Å². The molecular weight excluding hydrogens is 310 g/mol. The fourth-order valence-corrected chi connectivity index (χ4v) is 2.38. The Hall–Kier alpha value is -2.41. The molecule has 0 spiro atoms. The molecule has 0 aliphatic rings. The third-order valence-electron chi connectivity index (χ3n) is 3.41. The fourth-order valence-electron chi connectivity index (χ4n) is 2.23. The van der Waals surface area contributed by atoms with Crippen molar-refractivity contribution in [2.24, 2.45) is 0 Å². The van der Waals surface area contributed by atoms with Crippen LogP contribution in [0.15, 0.2) is 36.7 Å². The Morgan fingerprint density at radius 2 is 2.30 bits per heavy atom. The summed E-state index contributed by atoms with van der Waals surface area (Å²) in [5.74, 6) is 1.41. The van der Waals surface area contributed by atoms with E-state index in [2.05, 4.69) is 27.3 Å². The molecule has 0 aromatic carbocycles. The summed E-state index contributed by atoms with van der Waals surface area (Å²) >= 11 is 5.08. The van der Waals surface area contributed by atoms with Crippen molar-refractivity contribution in [1.82, 2.24) is 19.6 Å². The van der Waals surface area contributed by atoms with Crippen molar-refractivity contribution in [2.45, 2.75) is 26.4 Å². The molecule has 0 amide bonds. The fraction of sp³-hybridized carbons (Fsp3) is 0.312. The third kappa shape index (κ3) is 3.87. The molecule has 23 heavy (non-hydrogen) atoms. The third-order valence-corrected chi connectivity index (χ3v) is 3.61. The summed E-state index contributed by atoms with van der Waals surface area (Å²) in [6.45, 7) is 3.38. The number of aromatic amines is 1. The van der Waals surface area contributed by atoms with Crippen LogP contribution in [0.4, 0.5) is 5.82 Å². The molecule has 0 unspecified atom stereocenters. The Labute approximate surface area is 139 Å². The maximum atomic E-state index is 5.86. The number of unbranched alkanes of at least 4 members (excludes halogenated alkanes) is 1. The van der Waals surface area contributed by atoms with Crippen LogP contribution in [-0.2, 0) is 6.61 Å². The summed E-state index contributed by atoms with van der Waals surface area (Å²) in [6.07, 6.45) is 5.76. The highest BCUT2D eigenvalue weighted by Gasteiger charge is 2.07. The molecule has 3 aromatic rings. The number of pyridine rings is 1. The molecule has 0 saturated heterocycles. The van der Waals surface area contributed by atoms with Crippen molar-refractivity contribution in [3.05, 3.63) is 47.1 Å². The number of fused-ring (bicyclic) bond motifs is 1. The van der Waals surface area contributed by atoms with Gasteiger partial charge in [-0.3, -0.25) is 0 Å². The average molecular weight is 329 g/mol. The predicted octanol–water partition coefficient (Wildman–Crippen LogP) is 3.58. The van der Waals surface area contributed by atoms with Gasteiger partial charge in [0.2, 0.25) is 0 Å². The molecule has 0 saturated carbocycles. The lowest BCUT2D eigenvalue weighted by atomic mass is 10.3. The lowest BCUT2D eigenvalue weighted by Gasteiger charge is -2.11. The number of hydrogen-bond donors (Lipinski definition) is 2. The SMILES string of the molecule is CCCCNc1[nH]c(=S)ncc1OCc1cc2ccccn2n1. The molecular formula is C16H19N5OS. The van der Waals surface area contributed by atoms with Crippen LogP contribution < -0.4 is 10.1 Å². The number of rotatable bonds is 7. The van der Waals surface area contributed by atoms with Crippen molar-refractivity contribution in [3.8, 4) is 5.75 Å². The van der Waals surface area contributed by atoms with E-state index in [0.29, 0.717) is 17.1 Å². The van der Waals surface area contributed by atoms with Crippen molar-refractivity contribution >= 4 is 23.6 Å². The van der Waals surface area contributed by atoms with E-state index in [4.69, 9.17) is 17.0 Å². The predicted molar refractivity (Wildman–Crippen MR) is 92.3 cm³/mol. The van der Waals surface area contributed by atoms with Gasteiger partial charge in [-0.05, 0) is 36.8 Å². The molecule has 3 rings (SSSR count). The van der Waals surface area contributed by atoms with Gasteiger partial charge in [-0.15, -0.1) is 0 Å². The molecule has 3 aromatic heterocycles. The standard InChI is InChI=1S/C16H19N5OS/c1-2-3-7-17-15-14(10-18-16(23)19-15)22-11-12-9-13-6-4-5-8-21(13)20-12/h4-6,8-10H,2-3,7,11H2,1H3,(H2,17,18,19,23). The second kappa shape index (κ2) is 7.23. The zero-order chi connectivity index (χ0) is 16.1. The van der Waals surface area contributed by atoms with Crippen LogP contribution >= 0.6 is 12.2 Å². The highest BCUT2D eigenvalue weighted by atomic mass is 32.1. The Morgan fingerprint density at radius 3 is 3.13 bits per heavy atom. The number of anilines is 1. The molecule has 7 heteroatoms. The first-order valence-corrected chi connectivity index (χ1v) is 8.06. The first-order valence-electron chi connectivity index (χ1n) is 7.65. The lowest BCUT2D eigenvalue weighted by Crippen LogP contribution is -2.07. The maximum Gasteiger partial charge on any atom is 0.198 e. The number of nitrogens with one attached hydrogen (secondary N) is 2. The van der Waals surface area contributed by atoms with Gasteiger partial charge in [0.15, 0.2) is 10.5 Å². The lowest BCUT2D eigenvalue weighted by molar-refractivity contribution is 0.299. The van der Waals surface area contributed by atoms with E-state index in [1.165, 1.54) is 0 Å². The summed E-state index contributed by atoms with van der Waals surface area (Å²) in [7, 11) is 0. The zero-order valence-electron chi connectivity index (χ0n) is 13.0. The van der Waals surface area contributed by atoms with Crippen LogP contribution in [0.5, 0.6) is 5.75 Å². The maximum absolute atomic E-state index is 5.86. The molecule has 0 radical (unpaired) electrons. The minimum atomic E-state index is 0.371. The van der Waals surface area contributed by atoms with Gasteiger partial charge in [0.1, 0.15) is 18.1 Å². The molecule has 0 atom stereocenters. The van der Waals surface area contributed by atoms with E-state index in [-0.39, 0.29) is 0 Å². The smallest absolute Gasteiger partial charge is 0.198 e. The second-order valence-electron chi connectivity index (χ2n) is 5.20. The highest BCUT2D eigenvalue weighted by molar-refractivity contribution is 7.71. The molecule has 6 nitrogen and oxygen atoms in total. The summed E-state index contributed by atoms with van der Waals surface area (Å²) < 4.78 is 8.12. The Kier molecular flexibility index (Phi) is 4.87. The molecule has 0 fully saturated rings. The van der Waals surface area contributed by atoms with E-state index >= 15 is 0 Å². The molecule has 0 aliphatic heterocycles. The summed E-state index contributed by atoms with van der Waals surface area (Å²) in [5.41, 5.74) is 1.90. The van der Waals surface area contributed by atoms with Crippen LogP contribution in [0.1, 0.15) is 25.5 Å². The molecule has 0 aliphatic carbocycles. The van der Waals surface area contributed by atoms with Crippen LogP contribution in [0.2, 0.25) is 0 Å². The molecule has 3 heterocycles. The molecule has 2 N–H and O–H groups in total. The zero-order valence-corrected chi connectivity index (χ0v) is 13.8. The van der Waals surface area contributed by atoms with Gasteiger partial charge in [0, 0.05) is 12.7 Å². The second-order valence-corrected chi connectivity index (χ2v) is 5.59. The van der Waals surface area contributed by atoms with Gasteiger partial charge in [-0.2, -0.15) is 5.10 Å². The molecule has 120 valence electrons. The monoisotopic (exact) mass is 329 g/mol. The van der Waals surface area contributed by atoms with E-state index in [0.717, 1.165) is 36.4 Å². The number of nitrogens with zero attached hydrogens (tertiary/aromatic N) is 3. The average Bonchev–Trinajstić information content (AvgIpc) is 2.97. The van der Waals surface area contributed by atoms with E-state index in [1.54, 1.807) is 6.20 Å². The summed E-state index contributed by atoms with van der Waals surface area (Å²) in [5, 5.41) is 7.78. The Bertz CT molecular complexity index is 809. The first-order chi connectivity index (χ1) is 11.3. The first kappa shape index (κ1) is 15.5. The minimum Gasteiger partial charge on any atom is -0.482 e. The van der Waals surface area contributed by atoms with Crippen LogP contribution in [0, 0.1) is 4.77 Å². The molecule has 0 bridgehead atoms. The van der Waals surface area contributed by atoms with Gasteiger partial charge in [0.05, 0.1) is 11.7 Å². The number of aromatic nitrogens is 4. The number of ether oxygens (including phenoxy) is 1. The van der Waals surface area contributed by atoms with Crippen molar-refractivity contribution in [2.75, 3.05) is 11.9 Å². The summed E-state index contributed by atoms with van der Waals surface area (Å²) in [4.78, 5) is 7.13. The van der Waals surface area contributed by atoms with Crippen molar-refractivity contribution < 1.29 is 4.74 Å². The van der Waals surface area contributed by atoms with E-state index < -0.39 is 0 Å². The van der Waals surface area contributed by atoms with Crippen LogP contribution in [0.3, 0.4) is 0 Å². The Balaban J connectivity index is 1.72. The van der Waals surface area contributed by atoms with Gasteiger partial charge in [-0.25, -0.2) is 9.50 Å².